The molecular formula is C19H19N5O2. The van der Waals surface area contributed by atoms with Gasteiger partial charge in [0.25, 0.3) is 5.91 Å². The maximum Gasteiger partial charge on any atom is 0.325 e. The SMILES string of the molecule is Cc1c([C@@H](C)N2C(=O)N[C@H](C3CC3)C2=O)cnn1-c1ccc(C#N)cc1. The van der Waals surface area contributed by atoms with E-state index in [4.69, 9.17) is 5.26 Å². The highest BCUT2D eigenvalue weighted by Crippen LogP contribution is 2.37. The summed E-state index contributed by atoms with van der Waals surface area (Å²) in [5.41, 5.74) is 3.09. The Morgan fingerprint density at radius 3 is 2.58 bits per heavy atom. The number of aromatic nitrogens is 2. The van der Waals surface area contributed by atoms with E-state index < -0.39 is 6.04 Å². The standard InChI is InChI=1S/C19H19N5O2/c1-11(23-18(25)17(14-5-6-14)22-19(23)26)16-10-21-24(12(16)2)15-7-3-13(9-20)4-8-15/h3-4,7-8,10-11,14,17H,5-6H2,1-2H3,(H,22,26)/t11-,17-/m1/s1. The highest BCUT2D eigenvalue weighted by molar-refractivity contribution is 6.05. The molecule has 0 bridgehead atoms. The van der Waals surface area contributed by atoms with Gasteiger partial charge in [-0.1, -0.05) is 0 Å². The van der Waals surface area contributed by atoms with Crippen LogP contribution >= 0.6 is 0 Å². The van der Waals surface area contributed by atoms with Gasteiger partial charge in [0.15, 0.2) is 0 Å². The lowest BCUT2D eigenvalue weighted by molar-refractivity contribution is -0.129. The van der Waals surface area contributed by atoms with Gasteiger partial charge in [0.2, 0.25) is 0 Å². The predicted octanol–water partition coefficient (Wildman–Crippen LogP) is 2.44. The van der Waals surface area contributed by atoms with E-state index in [9.17, 15) is 9.59 Å². The molecule has 1 aromatic carbocycles. The third-order valence-corrected chi connectivity index (χ3v) is 5.22. The van der Waals surface area contributed by atoms with Crippen molar-refractivity contribution in [2.24, 2.45) is 5.92 Å². The Balaban J connectivity index is 1.62. The third kappa shape index (κ3) is 2.54. The quantitative estimate of drug-likeness (QED) is 0.858. The largest absolute Gasteiger partial charge is 0.325 e. The number of hydrogen-bond acceptors (Lipinski definition) is 4. The van der Waals surface area contributed by atoms with Crippen LogP contribution in [-0.4, -0.2) is 32.7 Å². The number of rotatable bonds is 4. The first-order chi connectivity index (χ1) is 12.5. The Morgan fingerprint density at radius 1 is 1.27 bits per heavy atom. The number of amides is 3. The number of benzene rings is 1. The second-order valence-electron chi connectivity index (χ2n) is 6.90. The van der Waals surface area contributed by atoms with Gasteiger partial charge in [-0.05, 0) is 56.9 Å². The first-order valence-corrected chi connectivity index (χ1v) is 8.70. The van der Waals surface area contributed by atoms with Crippen LogP contribution in [0.2, 0.25) is 0 Å². The molecule has 2 aliphatic rings. The molecule has 1 saturated heterocycles. The Morgan fingerprint density at radius 2 is 1.96 bits per heavy atom. The molecule has 7 nitrogen and oxygen atoms in total. The van der Waals surface area contributed by atoms with Gasteiger partial charge in [-0.2, -0.15) is 10.4 Å². The summed E-state index contributed by atoms with van der Waals surface area (Å²) in [6.07, 6.45) is 3.69. The Hall–Kier alpha value is -3.14. The van der Waals surface area contributed by atoms with Crippen molar-refractivity contribution >= 4 is 11.9 Å². The molecule has 1 aromatic heterocycles. The fourth-order valence-electron chi connectivity index (χ4n) is 3.54. The lowest BCUT2D eigenvalue weighted by Crippen LogP contribution is -2.34. The maximum absolute atomic E-state index is 12.7. The summed E-state index contributed by atoms with van der Waals surface area (Å²) in [6.45, 7) is 3.76. The van der Waals surface area contributed by atoms with Crippen molar-refractivity contribution in [1.29, 1.82) is 5.26 Å². The van der Waals surface area contributed by atoms with E-state index in [2.05, 4.69) is 16.5 Å². The number of nitrogens with one attached hydrogen (secondary N) is 1. The van der Waals surface area contributed by atoms with Gasteiger partial charge in [0.1, 0.15) is 6.04 Å². The molecule has 3 amide bonds. The van der Waals surface area contributed by atoms with Crippen LogP contribution in [0.1, 0.15) is 42.6 Å². The summed E-state index contributed by atoms with van der Waals surface area (Å²) < 4.78 is 1.75. The molecule has 0 unspecified atom stereocenters. The van der Waals surface area contributed by atoms with Gasteiger partial charge < -0.3 is 5.32 Å². The normalized spacial score (nSPS) is 20.8. The Bertz CT molecular complexity index is 920. The molecule has 1 saturated carbocycles. The first kappa shape index (κ1) is 16.3. The second-order valence-corrected chi connectivity index (χ2v) is 6.90. The van der Waals surface area contributed by atoms with Crippen LogP contribution in [0.25, 0.3) is 5.69 Å². The van der Waals surface area contributed by atoms with Crippen LogP contribution in [0.5, 0.6) is 0 Å². The highest BCUT2D eigenvalue weighted by atomic mass is 16.2. The maximum atomic E-state index is 12.7. The van der Waals surface area contributed by atoms with E-state index in [1.807, 2.05) is 26.0 Å². The zero-order valence-corrected chi connectivity index (χ0v) is 14.6. The average Bonchev–Trinajstić information content (AvgIpc) is 3.35. The minimum absolute atomic E-state index is 0.143. The molecule has 4 rings (SSSR count). The van der Waals surface area contributed by atoms with Crippen molar-refractivity contribution < 1.29 is 9.59 Å². The van der Waals surface area contributed by atoms with E-state index in [0.717, 1.165) is 29.8 Å². The molecule has 7 heteroatoms. The molecule has 132 valence electrons. The predicted molar refractivity (Wildman–Crippen MR) is 93.3 cm³/mol. The lowest BCUT2D eigenvalue weighted by atomic mass is 10.1. The summed E-state index contributed by atoms with van der Waals surface area (Å²) in [5, 5.41) is 16.1. The van der Waals surface area contributed by atoms with Gasteiger partial charge in [-0.15, -0.1) is 0 Å². The van der Waals surface area contributed by atoms with E-state index in [1.54, 1.807) is 23.0 Å². The van der Waals surface area contributed by atoms with E-state index >= 15 is 0 Å². The molecule has 2 fully saturated rings. The van der Waals surface area contributed by atoms with Crippen molar-refractivity contribution in [2.75, 3.05) is 0 Å². The minimum atomic E-state index is -0.390. The molecule has 2 atom stereocenters. The highest BCUT2D eigenvalue weighted by Gasteiger charge is 2.48. The molecule has 1 aliphatic carbocycles. The van der Waals surface area contributed by atoms with Gasteiger partial charge in [0, 0.05) is 11.3 Å². The lowest BCUT2D eigenvalue weighted by Gasteiger charge is -2.21. The van der Waals surface area contributed by atoms with Gasteiger partial charge >= 0.3 is 6.03 Å². The fraction of sp³-hybridized carbons (Fsp3) is 0.368. The molecule has 26 heavy (non-hydrogen) atoms. The summed E-state index contributed by atoms with van der Waals surface area (Å²) in [6, 6.07) is 8.11. The smallest absolute Gasteiger partial charge is 0.325 e. The van der Waals surface area contributed by atoms with Gasteiger partial charge in [-0.3, -0.25) is 9.69 Å². The van der Waals surface area contributed by atoms with E-state index in [-0.39, 0.29) is 23.9 Å². The van der Waals surface area contributed by atoms with Crippen LogP contribution in [0, 0.1) is 24.2 Å². The fourth-order valence-corrected chi connectivity index (χ4v) is 3.54. The summed E-state index contributed by atoms with van der Waals surface area (Å²) in [4.78, 5) is 26.3. The molecule has 1 aliphatic heterocycles. The Kier molecular flexibility index (Phi) is 3.76. The number of imide groups is 1. The average molecular weight is 349 g/mol. The third-order valence-electron chi connectivity index (χ3n) is 5.22. The van der Waals surface area contributed by atoms with Crippen LogP contribution in [-0.2, 0) is 4.79 Å². The number of carbonyl (C=O) groups is 2. The molecule has 0 radical (unpaired) electrons. The van der Waals surface area contributed by atoms with Crippen LogP contribution in [0.4, 0.5) is 4.79 Å². The molecular weight excluding hydrogens is 330 g/mol. The number of carbonyl (C=O) groups excluding carboxylic acids is 2. The zero-order chi connectivity index (χ0) is 18.4. The van der Waals surface area contributed by atoms with Crippen molar-refractivity contribution in [2.45, 2.75) is 38.8 Å². The van der Waals surface area contributed by atoms with E-state index in [0.29, 0.717) is 5.56 Å². The molecule has 0 spiro atoms. The number of urea groups is 1. The first-order valence-electron chi connectivity index (χ1n) is 8.70. The van der Waals surface area contributed by atoms with Crippen molar-refractivity contribution in [1.82, 2.24) is 20.0 Å². The topological polar surface area (TPSA) is 91.0 Å². The number of hydrogen-bond donors (Lipinski definition) is 1. The second kappa shape index (κ2) is 5.99. The van der Waals surface area contributed by atoms with E-state index in [1.165, 1.54) is 4.90 Å². The summed E-state index contributed by atoms with van der Waals surface area (Å²) in [5.74, 6) is 0.140. The minimum Gasteiger partial charge on any atom is -0.325 e. The van der Waals surface area contributed by atoms with Gasteiger partial charge in [0.05, 0.1) is 29.6 Å². The Labute approximate surface area is 151 Å². The number of nitrogens with zero attached hydrogens (tertiary/aromatic N) is 4. The van der Waals surface area contributed by atoms with Crippen molar-refractivity contribution in [3.05, 3.63) is 47.3 Å². The van der Waals surface area contributed by atoms with Crippen molar-refractivity contribution in [3.8, 4) is 11.8 Å². The van der Waals surface area contributed by atoms with Crippen LogP contribution in [0.3, 0.4) is 0 Å². The zero-order valence-electron chi connectivity index (χ0n) is 14.6. The molecule has 2 heterocycles. The van der Waals surface area contributed by atoms with Crippen LogP contribution < -0.4 is 5.32 Å². The summed E-state index contributed by atoms with van der Waals surface area (Å²) >= 11 is 0. The molecule has 1 N–H and O–H groups in total. The van der Waals surface area contributed by atoms with Gasteiger partial charge in [-0.25, -0.2) is 9.48 Å². The van der Waals surface area contributed by atoms with Crippen LogP contribution in [0.15, 0.2) is 30.5 Å². The number of nitriles is 1. The van der Waals surface area contributed by atoms with Crippen molar-refractivity contribution in [3.63, 3.8) is 0 Å². The summed E-state index contributed by atoms with van der Waals surface area (Å²) in [7, 11) is 0. The molecule has 2 aromatic rings. The monoisotopic (exact) mass is 349 g/mol.